The van der Waals surface area contributed by atoms with Crippen LogP contribution >= 0.6 is 0 Å². The van der Waals surface area contributed by atoms with E-state index in [2.05, 4.69) is 11.8 Å². The Morgan fingerprint density at radius 3 is 2.90 bits per heavy atom. The van der Waals surface area contributed by atoms with Crippen molar-refractivity contribution in [3.8, 4) is 0 Å². The summed E-state index contributed by atoms with van der Waals surface area (Å²) in [7, 11) is 0. The molecule has 1 rings (SSSR count). The minimum atomic E-state index is -0.214. The van der Waals surface area contributed by atoms with E-state index in [1.54, 1.807) is 0 Å². The molecule has 3 nitrogen and oxygen atoms in total. The number of carbonyl (C=O) groups is 1. The predicted molar refractivity (Wildman–Crippen MR) is 39.5 cm³/mol. The van der Waals surface area contributed by atoms with Crippen molar-refractivity contribution in [2.24, 2.45) is 5.73 Å². The summed E-state index contributed by atoms with van der Waals surface area (Å²) in [6.07, 6.45) is 2.40. The van der Waals surface area contributed by atoms with E-state index in [-0.39, 0.29) is 5.91 Å². The lowest BCUT2D eigenvalue weighted by molar-refractivity contribution is -0.119. The average Bonchev–Trinajstić information content (AvgIpc) is 2.15. The van der Waals surface area contributed by atoms with E-state index in [9.17, 15) is 4.79 Å². The van der Waals surface area contributed by atoms with Crippen LogP contribution in [0.2, 0.25) is 0 Å². The number of primary amides is 1. The van der Waals surface area contributed by atoms with Gasteiger partial charge in [-0.15, -0.1) is 0 Å². The van der Waals surface area contributed by atoms with Crippen LogP contribution in [0.1, 0.15) is 19.8 Å². The number of rotatable bonds is 2. The molecule has 0 bridgehead atoms. The van der Waals surface area contributed by atoms with Gasteiger partial charge in [0, 0.05) is 6.04 Å². The first kappa shape index (κ1) is 7.54. The molecule has 1 aliphatic rings. The molecule has 0 spiro atoms. The van der Waals surface area contributed by atoms with E-state index in [4.69, 9.17) is 5.73 Å². The second-order valence-electron chi connectivity index (χ2n) is 2.93. The molecule has 0 aromatic carbocycles. The van der Waals surface area contributed by atoms with Gasteiger partial charge >= 0.3 is 0 Å². The first-order valence-corrected chi connectivity index (χ1v) is 3.72. The third kappa shape index (κ3) is 1.70. The number of hydrogen-bond acceptors (Lipinski definition) is 2. The molecule has 1 saturated heterocycles. The quantitative estimate of drug-likeness (QED) is 0.588. The SMILES string of the molecule is CC1CCCN1CC(N)=O. The van der Waals surface area contributed by atoms with E-state index < -0.39 is 0 Å². The molecule has 1 aliphatic heterocycles. The van der Waals surface area contributed by atoms with Gasteiger partial charge in [-0.25, -0.2) is 0 Å². The molecule has 0 radical (unpaired) electrons. The van der Waals surface area contributed by atoms with Crippen molar-refractivity contribution >= 4 is 5.91 Å². The molecular weight excluding hydrogens is 128 g/mol. The lowest BCUT2D eigenvalue weighted by Gasteiger charge is -2.18. The van der Waals surface area contributed by atoms with Gasteiger partial charge < -0.3 is 5.73 Å². The molecule has 2 N–H and O–H groups in total. The lowest BCUT2D eigenvalue weighted by Crippen LogP contribution is -2.35. The Labute approximate surface area is 61.2 Å². The molecule has 10 heavy (non-hydrogen) atoms. The van der Waals surface area contributed by atoms with Crippen LogP contribution < -0.4 is 5.73 Å². The van der Waals surface area contributed by atoms with Crippen LogP contribution in [0, 0.1) is 0 Å². The van der Waals surface area contributed by atoms with Crippen LogP contribution in [-0.4, -0.2) is 29.9 Å². The fourth-order valence-electron chi connectivity index (χ4n) is 1.43. The van der Waals surface area contributed by atoms with Gasteiger partial charge in [0.05, 0.1) is 6.54 Å². The van der Waals surface area contributed by atoms with Crippen molar-refractivity contribution in [1.82, 2.24) is 4.90 Å². The van der Waals surface area contributed by atoms with Gasteiger partial charge in [0.25, 0.3) is 0 Å². The molecule has 1 atom stereocenters. The largest absolute Gasteiger partial charge is 0.369 e. The highest BCUT2D eigenvalue weighted by atomic mass is 16.1. The van der Waals surface area contributed by atoms with E-state index in [1.165, 1.54) is 12.8 Å². The third-order valence-electron chi connectivity index (χ3n) is 2.05. The maximum Gasteiger partial charge on any atom is 0.231 e. The van der Waals surface area contributed by atoms with Crippen LogP contribution in [0.3, 0.4) is 0 Å². The maximum absolute atomic E-state index is 10.5. The number of nitrogens with zero attached hydrogens (tertiary/aromatic N) is 1. The van der Waals surface area contributed by atoms with Crippen molar-refractivity contribution in [3.63, 3.8) is 0 Å². The van der Waals surface area contributed by atoms with Gasteiger partial charge in [0.2, 0.25) is 5.91 Å². The minimum absolute atomic E-state index is 0.214. The zero-order valence-corrected chi connectivity index (χ0v) is 6.34. The Hall–Kier alpha value is -0.570. The topological polar surface area (TPSA) is 46.3 Å². The molecule has 0 saturated carbocycles. The molecule has 58 valence electrons. The van der Waals surface area contributed by atoms with Crippen molar-refractivity contribution in [1.29, 1.82) is 0 Å². The van der Waals surface area contributed by atoms with Crippen LogP contribution in [0.25, 0.3) is 0 Å². The molecule has 0 aromatic heterocycles. The molecule has 1 unspecified atom stereocenters. The van der Waals surface area contributed by atoms with E-state index in [1.807, 2.05) is 0 Å². The molecule has 1 fully saturated rings. The molecule has 1 heterocycles. The highest BCUT2D eigenvalue weighted by Gasteiger charge is 2.20. The average molecular weight is 142 g/mol. The lowest BCUT2D eigenvalue weighted by atomic mass is 10.2. The van der Waals surface area contributed by atoms with Gasteiger partial charge in [-0.3, -0.25) is 9.69 Å². The van der Waals surface area contributed by atoms with Crippen molar-refractivity contribution in [3.05, 3.63) is 0 Å². The monoisotopic (exact) mass is 142 g/mol. The van der Waals surface area contributed by atoms with Gasteiger partial charge in [0.1, 0.15) is 0 Å². The smallest absolute Gasteiger partial charge is 0.231 e. The third-order valence-corrected chi connectivity index (χ3v) is 2.05. The standard InChI is InChI=1S/C7H14N2O/c1-6-3-2-4-9(6)5-7(8)10/h6H,2-5H2,1H3,(H2,8,10). The first-order chi connectivity index (χ1) is 4.70. The van der Waals surface area contributed by atoms with E-state index >= 15 is 0 Å². The molecule has 0 aromatic rings. The summed E-state index contributed by atoms with van der Waals surface area (Å²) in [5.41, 5.74) is 5.05. The summed E-state index contributed by atoms with van der Waals surface area (Å²) in [6.45, 7) is 3.60. The molecular formula is C7H14N2O. The molecule has 3 heteroatoms. The van der Waals surface area contributed by atoms with Gasteiger partial charge in [-0.1, -0.05) is 0 Å². The summed E-state index contributed by atoms with van der Waals surface area (Å²) in [5.74, 6) is -0.214. The summed E-state index contributed by atoms with van der Waals surface area (Å²) in [5, 5.41) is 0. The number of carbonyl (C=O) groups excluding carboxylic acids is 1. The predicted octanol–water partition coefficient (Wildman–Crippen LogP) is -0.0440. The Morgan fingerprint density at radius 2 is 2.50 bits per heavy atom. The number of likely N-dealkylation sites (tertiary alicyclic amines) is 1. The van der Waals surface area contributed by atoms with Gasteiger partial charge in [-0.05, 0) is 26.3 Å². The van der Waals surface area contributed by atoms with Gasteiger partial charge in [0.15, 0.2) is 0 Å². The normalized spacial score (nSPS) is 27.1. The zero-order valence-electron chi connectivity index (χ0n) is 6.34. The Balaban J connectivity index is 2.33. The van der Waals surface area contributed by atoms with Crippen molar-refractivity contribution in [2.45, 2.75) is 25.8 Å². The maximum atomic E-state index is 10.5. The Bertz CT molecular complexity index is 136. The number of hydrogen-bond donors (Lipinski definition) is 1. The van der Waals surface area contributed by atoms with Gasteiger partial charge in [-0.2, -0.15) is 0 Å². The van der Waals surface area contributed by atoms with Crippen molar-refractivity contribution in [2.75, 3.05) is 13.1 Å². The van der Waals surface area contributed by atoms with E-state index in [0.717, 1.165) is 6.54 Å². The summed E-state index contributed by atoms with van der Waals surface area (Å²) in [6, 6.07) is 0.549. The van der Waals surface area contributed by atoms with Crippen molar-refractivity contribution < 1.29 is 4.79 Å². The fourth-order valence-corrected chi connectivity index (χ4v) is 1.43. The first-order valence-electron chi connectivity index (χ1n) is 3.72. The van der Waals surface area contributed by atoms with Crippen LogP contribution in [0.15, 0.2) is 0 Å². The minimum Gasteiger partial charge on any atom is -0.369 e. The zero-order chi connectivity index (χ0) is 7.56. The van der Waals surface area contributed by atoms with Crippen LogP contribution in [-0.2, 0) is 4.79 Å². The van der Waals surface area contributed by atoms with Crippen LogP contribution in [0.4, 0.5) is 0 Å². The number of amides is 1. The Morgan fingerprint density at radius 1 is 1.80 bits per heavy atom. The Kier molecular flexibility index (Phi) is 2.27. The summed E-state index contributed by atoms with van der Waals surface area (Å²) in [4.78, 5) is 12.6. The highest BCUT2D eigenvalue weighted by molar-refractivity contribution is 5.75. The summed E-state index contributed by atoms with van der Waals surface area (Å²) < 4.78 is 0. The van der Waals surface area contributed by atoms with E-state index in [0.29, 0.717) is 12.6 Å². The van der Waals surface area contributed by atoms with Crippen LogP contribution in [0.5, 0.6) is 0 Å². The molecule has 1 amide bonds. The second kappa shape index (κ2) is 3.01. The highest BCUT2D eigenvalue weighted by Crippen LogP contribution is 2.14. The fraction of sp³-hybridized carbons (Fsp3) is 0.857. The summed E-state index contributed by atoms with van der Waals surface area (Å²) >= 11 is 0. The number of nitrogens with two attached hydrogens (primary N) is 1. The second-order valence-corrected chi connectivity index (χ2v) is 2.93. The molecule has 0 aliphatic carbocycles.